The van der Waals surface area contributed by atoms with Gasteiger partial charge in [0.25, 0.3) is 0 Å². The fourth-order valence-corrected chi connectivity index (χ4v) is 2.40. The number of phenols is 1. The molecule has 2 aromatic rings. The molecule has 2 N–H and O–H groups in total. The first-order valence-corrected chi connectivity index (χ1v) is 7.16. The molecule has 0 aromatic heterocycles. The van der Waals surface area contributed by atoms with E-state index in [1.807, 2.05) is 45.0 Å². The minimum atomic E-state index is 0.0607. The second-order valence-corrected chi connectivity index (χ2v) is 5.76. The number of benzene rings is 2. The third-order valence-electron chi connectivity index (χ3n) is 3.45. The highest BCUT2D eigenvalue weighted by Crippen LogP contribution is 2.32. The van der Waals surface area contributed by atoms with Gasteiger partial charge in [-0.25, -0.2) is 0 Å². The minimum absolute atomic E-state index is 0.0607. The van der Waals surface area contributed by atoms with E-state index >= 15 is 0 Å². The summed E-state index contributed by atoms with van der Waals surface area (Å²) in [6, 6.07) is 9.51. The second-order valence-electron chi connectivity index (χ2n) is 4.94. The van der Waals surface area contributed by atoms with Gasteiger partial charge >= 0.3 is 0 Å². The Morgan fingerprint density at radius 3 is 2.40 bits per heavy atom. The third-order valence-corrected chi connectivity index (χ3v) is 4.19. The average Bonchev–Trinajstić information content (AvgIpc) is 2.42. The summed E-state index contributed by atoms with van der Waals surface area (Å²) in [4.78, 5) is 0. The van der Waals surface area contributed by atoms with Crippen LogP contribution in [0.15, 0.2) is 30.3 Å². The molecular weight excluding hydrogens is 293 g/mol. The molecule has 106 valence electrons. The minimum Gasteiger partial charge on any atom is -0.507 e. The monoisotopic (exact) mass is 309 g/mol. The lowest BCUT2D eigenvalue weighted by atomic mass is 10.1. The molecule has 2 rings (SSSR count). The van der Waals surface area contributed by atoms with Gasteiger partial charge in [-0.05, 0) is 50.1 Å². The Morgan fingerprint density at radius 1 is 1.05 bits per heavy atom. The van der Waals surface area contributed by atoms with Crippen molar-refractivity contribution in [2.75, 3.05) is 5.32 Å². The molecular formula is C16H17Cl2NO. The lowest BCUT2D eigenvalue weighted by molar-refractivity contribution is 0.467. The van der Waals surface area contributed by atoms with Crippen LogP contribution in [0.3, 0.4) is 0 Å². The highest BCUT2D eigenvalue weighted by Gasteiger charge is 2.11. The van der Waals surface area contributed by atoms with Crippen LogP contribution in [0.5, 0.6) is 5.75 Å². The predicted molar refractivity (Wildman–Crippen MR) is 86.1 cm³/mol. The molecule has 0 bridgehead atoms. The van der Waals surface area contributed by atoms with Crippen molar-refractivity contribution in [3.05, 3.63) is 57.1 Å². The molecule has 0 heterocycles. The maximum atomic E-state index is 9.97. The average molecular weight is 310 g/mol. The van der Waals surface area contributed by atoms with Crippen molar-refractivity contribution in [3.63, 3.8) is 0 Å². The maximum absolute atomic E-state index is 9.97. The van der Waals surface area contributed by atoms with E-state index in [0.29, 0.717) is 15.8 Å². The topological polar surface area (TPSA) is 32.3 Å². The summed E-state index contributed by atoms with van der Waals surface area (Å²) < 4.78 is 0. The summed E-state index contributed by atoms with van der Waals surface area (Å²) in [5.41, 5.74) is 3.66. The number of rotatable bonds is 3. The Hall–Kier alpha value is -1.38. The summed E-state index contributed by atoms with van der Waals surface area (Å²) in [7, 11) is 0. The molecule has 20 heavy (non-hydrogen) atoms. The van der Waals surface area contributed by atoms with Crippen LogP contribution in [-0.4, -0.2) is 5.11 Å². The summed E-state index contributed by atoms with van der Waals surface area (Å²) >= 11 is 12.0. The van der Waals surface area contributed by atoms with E-state index in [0.717, 1.165) is 22.4 Å². The zero-order chi connectivity index (χ0) is 14.9. The van der Waals surface area contributed by atoms with Crippen LogP contribution >= 0.6 is 23.2 Å². The van der Waals surface area contributed by atoms with Gasteiger partial charge in [-0.3, -0.25) is 0 Å². The van der Waals surface area contributed by atoms with Gasteiger partial charge in [0.2, 0.25) is 0 Å². The summed E-state index contributed by atoms with van der Waals surface area (Å²) in [5.74, 6) is 0.330. The van der Waals surface area contributed by atoms with Gasteiger partial charge in [0.1, 0.15) is 5.75 Å². The number of anilines is 1. The number of hydrogen-bond acceptors (Lipinski definition) is 2. The molecule has 0 saturated heterocycles. The van der Waals surface area contributed by atoms with E-state index in [9.17, 15) is 5.11 Å². The lowest BCUT2D eigenvalue weighted by Gasteiger charge is -2.19. The molecule has 0 fully saturated rings. The number of hydrogen-bond donors (Lipinski definition) is 2. The zero-order valence-corrected chi connectivity index (χ0v) is 13.2. The molecule has 1 unspecified atom stereocenters. The van der Waals surface area contributed by atoms with E-state index in [1.54, 1.807) is 6.07 Å². The molecule has 0 aliphatic heterocycles. The Labute approximate surface area is 129 Å². The van der Waals surface area contributed by atoms with E-state index in [-0.39, 0.29) is 6.04 Å². The van der Waals surface area contributed by atoms with Crippen molar-refractivity contribution in [1.29, 1.82) is 0 Å². The molecule has 2 aromatic carbocycles. The first kappa shape index (κ1) is 15.0. The Bertz CT molecular complexity index is 641. The standard InChI is InChI=1S/C16H17Cl2NO/c1-9-4-7-15(10(2)16(9)20)19-11(3)12-5-6-13(17)14(18)8-12/h4-8,11,19-20H,1-3H3. The number of nitrogens with one attached hydrogen (secondary N) is 1. The first-order valence-electron chi connectivity index (χ1n) is 6.40. The fourth-order valence-electron chi connectivity index (χ4n) is 2.09. The van der Waals surface area contributed by atoms with Crippen molar-refractivity contribution in [1.82, 2.24) is 0 Å². The van der Waals surface area contributed by atoms with E-state index < -0.39 is 0 Å². The molecule has 1 atom stereocenters. The number of aromatic hydroxyl groups is 1. The van der Waals surface area contributed by atoms with Gasteiger partial charge in [0.05, 0.1) is 10.0 Å². The van der Waals surface area contributed by atoms with E-state index in [1.165, 1.54) is 0 Å². The normalized spacial score (nSPS) is 12.2. The quantitative estimate of drug-likeness (QED) is 0.785. The first-order chi connectivity index (χ1) is 9.40. The zero-order valence-electron chi connectivity index (χ0n) is 11.7. The van der Waals surface area contributed by atoms with Gasteiger partial charge < -0.3 is 10.4 Å². The van der Waals surface area contributed by atoms with E-state index in [4.69, 9.17) is 23.2 Å². The van der Waals surface area contributed by atoms with Gasteiger partial charge in [-0.2, -0.15) is 0 Å². The van der Waals surface area contributed by atoms with Crippen molar-refractivity contribution in [3.8, 4) is 5.75 Å². The Morgan fingerprint density at radius 2 is 1.75 bits per heavy atom. The molecule has 0 aliphatic rings. The second kappa shape index (κ2) is 5.94. The van der Waals surface area contributed by atoms with Crippen molar-refractivity contribution < 1.29 is 5.11 Å². The van der Waals surface area contributed by atoms with Gasteiger partial charge in [0.15, 0.2) is 0 Å². The fraction of sp³-hybridized carbons (Fsp3) is 0.250. The van der Waals surface area contributed by atoms with Gasteiger partial charge in [-0.15, -0.1) is 0 Å². The summed E-state index contributed by atoms with van der Waals surface area (Å²) in [6.45, 7) is 5.82. The number of phenolic OH excluding ortho intramolecular Hbond substituents is 1. The molecule has 2 nitrogen and oxygen atoms in total. The molecule has 0 amide bonds. The highest BCUT2D eigenvalue weighted by molar-refractivity contribution is 6.42. The van der Waals surface area contributed by atoms with Crippen LogP contribution in [0.4, 0.5) is 5.69 Å². The van der Waals surface area contributed by atoms with Crippen LogP contribution in [0.25, 0.3) is 0 Å². The molecule has 4 heteroatoms. The van der Waals surface area contributed by atoms with Crippen molar-refractivity contribution >= 4 is 28.9 Å². The van der Waals surface area contributed by atoms with Crippen LogP contribution in [0.2, 0.25) is 10.0 Å². The number of aryl methyl sites for hydroxylation is 1. The van der Waals surface area contributed by atoms with Crippen LogP contribution in [0.1, 0.15) is 29.7 Å². The van der Waals surface area contributed by atoms with Crippen molar-refractivity contribution in [2.45, 2.75) is 26.8 Å². The largest absolute Gasteiger partial charge is 0.507 e. The van der Waals surface area contributed by atoms with Gasteiger partial charge in [-0.1, -0.05) is 35.3 Å². The van der Waals surface area contributed by atoms with Crippen molar-refractivity contribution in [2.24, 2.45) is 0 Å². The van der Waals surface area contributed by atoms with Crippen LogP contribution in [-0.2, 0) is 0 Å². The molecule has 0 aliphatic carbocycles. The molecule has 0 saturated carbocycles. The highest BCUT2D eigenvalue weighted by atomic mass is 35.5. The SMILES string of the molecule is Cc1ccc(NC(C)c2ccc(Cl)c(Cl)c2)c(C)c1O. The van der Waals surface area contributed by atoms with Crippen LogP contribution in [0, 0.1) is 13.8 Å². The summed E-state index contributed by atoms with van der Waals surface area (Å²) in [6.07, 6.45) is 0. The smallest absolute Gasteiger partial charge is 0.123 e. The molecule has 0 radical (unpaired) electrons. The van der Waals surface area contributed by atoms with Crippen LogP contribution < -0.4 is 5.32 Å². The Balaban J connectivity index is 2.25. The molecule has 0 spiro atoms. The van der Waals surface area contributed by atoms with Gasteiger partial charge in [0, 0.05) is 17.3 Å². The Kier molecular flexibility index (Phi) is 4.46. The summed E-state index contributed by atoms with van der Waals surface area (Å²) in [5, 5.41) is 14.4. The third kappa shape index (κ3) is 3.02. The van der Waals surface area contributed by atoms with E-state index in [2.05, 4.69) is 5.32 Å². The predicted octanol–water partition coefficient (Wildman–Crippen LogP) is 5.49. The maximum Gasteiger partial charge on any atom is 0.123 e. The lowest BCUT2D eigenvalue weighted by Crippen LogP contribution is -2.08. The number of halogens is 2.